The third-order valence-electron chi connectivity index (χ3n) is 2.32. The van der Waals surface area contributed by atoms with Crippen molar-refractivity contribution in [2.24, 2.45) is 0 Å². The molecule has 21 heavy (non-hydrogen) atoms. The highest BCUT2D eigenvalue weighted by atomic mass is 16.7. The number of carboxylic acid groups (broad SMARTS) is 1. The van der Waals surface area contributed by atoms with Crippen LogP contribution in [0.5, 0.6) is 5.75 Å². The Kier molecular flexibility index (Phi) is 9.62. The molecule has 0 radical (unpaired) electrons. The van der Waals surface area contributed by atoms with E-state index in [-0.39, 0.29) is 5.97 Å². The number of aliphatic carboxylic acids is 1. The number of carboxylic acids is 1. The van der Waals surface area contributed by atoms with E-state index in [1.165, 1.54) is 0 Å². The van der Waals surface area contributed by atoms with Crippen molar-refractivity contribution in [1.29, 1.82) is 0 Å². The van der Waals surface area contributed by atoms with Crippen LogP contribution in [0.1, 0.15) is 38.1 Å². The maximum absolute atomic E-state index is 11.9. The van der Waals surface area contributed by atoms with E-state index in [1.807, 2.05) is 26.8 Å². The lowest BCUT2D eigenvalue weighted by Crippen LogP contribution is -2.27. The van der Waals surface area contributed by atoms with Crippen molar-refractivity contribution in [3.05, 3.63) is 29.8 Å². The fraction of sp³-hybridized carbons (Fsp3) is 0.467. The molecular formula is C15H23NO5. The van der Waals surface area contributed by atoms with Gasteiger partial charge in [-0.2, -0.15) is 0 Å². The summed E-state index contributed by atoms with van der Waals surface area (Å²) in [5.41, 5.74) is 0.459. The lowest BCUT2D eigenvalue weighted by molar-refractivity contribution is -0.134. The minimum absolute atomic E-state index is 0.377. The molecule has 0 saturated carbocycles. The number of ether oxygens (including phenoxy) is 1. The van der Waals surface area contributed by atoms with E-state index >= 15 is 0 Å². The molecule has 118 valence electrons. The van der Waals surface area contributed by atoms with Gasteiger partial charge in [-0.1, -0.05) is 12.1 Å². The van der Waals surface area contributed by atoms with E-state index < -0.39 is 5.97 Å². The second-order valence-corrected chi connectivity index (χ2v) is 3.94. The molecule has 0 atom stereocenters. The van der Waals surface area contributed by atoms with Crippen LogP contribution in [-0.2, 0) is 9.63 Å². The van der Waals surface area contributed by atoms with Gasteiger partial charge >= 0.3 is 5.97 Å². The van der Waals surface area contributed by atoms with Gasteiger partial charge in [0.1, 0.15) is 11.3 Å². The first-order valence-electron chi connectivity index (χ1n) is 6.84. The number of hydrogen-bond acceptors (Lipinski definition) is 5. The molecule has 0 bridgehead atoms. The first kappa shape index (κ1) is 18.9. The lowest BCUT2D eigenvalue weighted by atomic mass is 10.2. The zero-order chi connectivity index (χ0) is 16.3. The van der Waals surface area contributed by atoms with Gasteiger partial charge in [0.2, 0.25) is 0 Å². The number of nitrogens with zero attached hydrogens (tertiary/aromatic N) is 1. The first-order valence-corrected chi connectivity index (χ1v) is 6.84. The van der Waals surface area contributed by atoms with Crippen molar-refractivity contribution in [2.45, 2.75) is 27.7 Å². The van der Waals surface area contributed by atoms with Gasteiger partial charge in [0.15, 0.2) is 0 Å². The van der Waals surface area contributed by atoms with Gasteiger partial charge in [-0.3, -0.25) is 4.79 Å². The summed E-state index contributed by atoms with van der Waals surface area (Å²) in [6.45, 7) is 8.69. The van der Waals surface area contributed by atoms with E-state index in [9.17, 15) is 4.79 Å². The quantitative estimate of drug-likeness (QED) is 0.813. The topological polar surface area (TPSA) is 76.1 Å². The highest BCUT2D eigenvalue weighted by Crippen LogP contribution is 2.19. The molecule has 1 N–H and O–H groups in total. The third-order valence-corrected chi connectivity index (χ3v) is 2.32. The minimum Gasteiger partial charge on any atom is -0.493 e. The Balaban J connectivity index is 0.000000885. The molecule has 6 heteroatoms. The van der Waals surface area contributed by atoms with Crippen LogP contribution in [0, 0.1) is 0 Å². The van der Waals surface area contributed by atoms with Crippen molar-refractivity contribution < 1.29 is 24.3 Å². The number of carbonyl (C=O) groups is 2. The Bertz CT molecular complexity index is 439. The van der Waals surface area contributed by atoms with Gasteiger partial charge in [-0.25, -0.2) is 4.79 Å². The van der Waals surface area contributed by atoms with E-state index in [2.05, 4.69) is 0 Å². The van der Waals surface area contributed by atoms with E-state index in [4.69, 9.17) is 19.5 Å². The molecule has 0 fully saturated rings. The van der Waals surface area contributed by atoms with Crippen LogP contribution in [0.4, 0.5) is 0 Å². The zero-order valence-corrected chi connectivity index (χ0v) is 13.0. The van der Waals surface area contributed by atoms with Crippen LogP contribution in [0.25, 0.3) is 0 Å². The maximum Gasteiger partial charge on any atom is 0.360 e. The highest BCUT2D eigenvalue weighted by Gasteiger charge is 2.15. The van der Waals surface area contributed by atoms with Gasteiger partial charge in [0.25, 0.3) is 5.97 Å². The number of carbonyl (C=O) groups excluding carboxylic acids is 1. The number of para-hydroxylation sites is 1. The molecule has 0 aliphatic rings. The van der Waals surface area contributed by atoms with Gasteiger partial charge < -0.3 is 14.7 Å². The van der Waals surface area contributed by atoms with Gasteiger partial charge in [0.05, 0.1) is 6.61 Å². The largest absolute Gasteiger partial charge is 0.493 e. The number of benzene rings is 1. The maximum atomic E-state index is 11.9. The van der Waals surface area contributed by atoms with Crippen LogP contribution in [0.2, 0.25) is 0 Å². The Hall–Kier alpha value is -2.08. The molecule has 0 aliphatic carbocycles. The van der Waals surface area contributed by atoms with Crippen molar-refractivity contribution in [2.75, 3.05) is 19.7 Å². The molecule has 1 aromatic carbocycles. The second-order valence-electron chi connectivity index (χ2n) is 3.94. The molecule has 0 spiro atoms. The molecule has 0 amide bonds. The second kappa shape index (κ2) is 10.7. The van der Waals surface area contributed by atoms with Gasteiger partial charge in [0, 0.05) is 20.0 Å². The SMILES string of the molecule is CC(=O)O.CCOc1ccccc1C(=O)ON(CC)CC. The summed E-state index contributed by atoms with van der Waals surface area (Å²) in [6, 6.07) is 7.10. The molecule has 0 unspecified atom stereocenters. The smallest absolute Gasteiger partial charge is 0.360 e. The van der Waals surface area contributed by atoms with Crippen LogP contribution >= 0.6 is 0 Å². The summed E-state index contributed by atoms with van der Waals surface area (Å²) in [6.07, 6.45) is 0. The fourth-order valence-corrected chi connectivity index (χ4v) is 1.44. The normalized spacial score (nSPS) is 9.57. The summed E-state index contributed by atoms with van der Waals surface area (Å²) in [4.78, 5) is 26.2. The predicted molar refractivity (Wildman–Crippen MR) is 79.3 cm³/mol. The predicted octanol–water partition coefficient (Wildman–Crippen LogP) is 2.59. The fourth-order valence-electron chi connectivity index (χ4n) is 1.44. The van der Waals surface area contributed by atoms with E-state index in [1.54, 1.807) is 23.3 Å². The molecule has 1 rings (SSSR count). The van der Waals surface area contributed by atoms with E-state index in [0.717, 1.165) is 6.92 Å². The van der Waals surface area contributed by atoms with E-state index in [0.29, 0.717) is 31.0 Å². The number of hydroxylamine groups is 2. The van der Waals surface area contributed by atoms with Crippen molar-refractivity contribution in [3.8, 4) is 5.75 Å². The Morgan fingerprint density at radius 3 is 2.14 bits per heavy atom. The van der Waals surface area contributed by atoms with Crippen LogP contribution < -0.4 is 4.74 Å². The Morgan fingerprint density at radius 1 is 1.14 bits per heavy atom. The van der Waals surface area contributed by atoms with Crippen molar-refractivity contribution in [3.63, 3.8) is 0 Å². The van der Waals surface area contributed by atoms with Gasteiger partial charge in [-0.15, -0.1) is 5.06 Å². The molecule has 0 aromatic heterocycles. The molecule has 6 nitrogen and oxygen atoms in total. The summed E-state index contributed by atoms with van der Waals surface area (Å²) < 4.78 is 5.39. The average molecular weight is 297 g/mol. The van der Waals surface area contributed by atoms with Gasteiger partial charge in [-0.05, 0) is 32.9 Å². The lowest BCUT2D eigenvalue weighted by Gasteiger charge is -2.18. The van der Waals surface area contributed by atoms with Crippen molar-refractivity contribution >= 4 is 11.9 Å². The minimum atomic E-state index is -0.833. The molecule has 1 aromatic rings. The number of rotatable bonds is 6. The molecule has 0 heterocycles. The number of hydrogen-bond donors (Lipinski definition) is 1. The molecule has 0 saturated heterocycles. The summed E-state index contributed by atoms with van der Waals surface area (Å²) in [5.74, 6) is -0.648. The standard InChI is InChI=1S/C13H19NO3.C2H4O2/c1-4-14(5-2)17-13(15)11-9-7-8-10-12(11)16-6-3;1-2(3)4/h7-10H,4-6H2,1-3H3;1H3,(H,3,4). The Morgan fingerprint density at radius 2 is 1.67 bits per heavy atom. The zero-order valence-electron chi connectivity index (χ0n) is 13.0. The van der Waals surface area contributed by atoms with Crippen molar-refractivity contribution in [1.82, 2.24) is 5.06 Å². The first-order chi connectivity index (χ1) is 9.96. The third kappa shape index (κ3) is 7.94. The van der Waals surface area contributed by atoms with Crippen LogP contribution in [-0.4, -0.2) is 41.8 Å². The highest BCUT2D eigenvalue weighted by molar-refractivity contribution is 5.92. The molecule has 0 aliphatic heterocycles. The summed E-state index contributed by atoms with van der Waals surface area (Å²) in [7, 11) is 0. The Labute approximate surface area is 125 Å². The molecular weight excluding hydrogens is 274 g/mol. The summed E-state index contributed by atoms with van der Waals surface area (Å²) >= 11 is 0. The monoisotopic (exact) mass is 297 g/mol. The summed E-state index contributed by atoms with van der Waals surface area (Å²) in [5, 5.41) is 9.02. The van der Waals surface area contributed by atoms with Crippen LogP contribution in [0.3, 0.4) is 0 Å². The average Bonchev–Trinajstić information content (AvgIpc) is 2.45. The van der Waals surface area contributed by atoms with Crippen LogP contribution in [0.15, 0.2) is 24.3 Å².